The van der Waals surface area contributed by atoms with E-state index in [0.717, 1.165) is 21.8 Å². The van der Waals surface area contributed by atoms with Crippen molar-refractivity contribution in [1.82, 2.24) is 0 Å². The van der Waals surface area contributed by atoms with E-state index in [4.69, 9.17) is 5.11 Å². The fraction of sp³-hybridized carbons (Fsp3) is 0.133. The molecule has 2 rings (SSSR count). The lowest BCUT2D eigenvalue weighted by Crippen LogP contribution is -2.00. The van der Waals surface area contributed by atoms with Gasteiger partial charge in [0.05, 0.1) is 11.3 Å². The Balaban J connectivity index is 2.29. The van der Waals surface area contributed by atoms with Crippen LogP contribution in [0.5, 0.6) is 0 Å². The van der Waals surface area contributed by atoms with Gasteiger partial charge in [-0.05, 0) is 49.1 Å². The summed E-state index contributed by atoms with van der Waals surface area (Å²) in [5, 5.41) is 12.3. The first-order valence-electron chi connectivity index (χ1n) is 5.86. The highest BCUT2D eigenvalue weighted by Gasteiger charge is 2.08. The molecule has 19 heavy (non-hydrogen) atoms. The molecule has 0 bridgehead atoms. The third-order valence-corrected chi connectivity index (χ3v) is 3.64. The highest BCUT2D eigenvalue weighted by molar-refractivity contribution is 7.98. The van der Waals surface area contributed by atoms with Crippen molar-refractivity contribution >= 4 is 29.1 Å². The SMILES string of the molecule is CSc1ccccc1Nc1ccc(C(=O)O)c(C)c1. The quantitative estimate of drug-likeness (QED) is 0.821. The van der Waals surface area contributed by atoms with Gasteiger partial charge in [-0.2, -0.15) is 0 Å². The van der Waals surface area contributed by atoms with Crippen molar-refractivity contribution < 1.29 is 9.90 Å². The van der Waals surface area contributed by atoms with E-state index in [1.807, 2.05) is 36.6 Å². The number of para-hydroxylation sites is 1. The largest absolute Gasteiger partial charge is 0.478 e. The molecule has 4 heteroatoms. The summed E-state index contributed by atoms with van der Waals surface area (Å²) in [6, 6.07) is 13.3. The zero-order valence-electron chi connectivity index (χ0n) is 10.8. The Bertz CT molecular complexity index is 611. The third-order valence-electron chi connectivity index (χ3n) is 2.84. The van der Waals surface area contributed by atoms with Crippen LogP contribution in [0.1, 0.15) is 15.9 Å². The van der Waals surface area contributed by atoms with Gasteiger partial charge in [-0.3, -0.25) is 0 Å². The van der Waals surface area contributed by atoms with Crippen LogP contribution in [0.4, 0.5) is 11.4 Å². The lowest BCUT2D eigenvalue weighted by molar-refractivity contribution is 0.0696. The van der Waals surface area contributed by atoms with E-state index in [1.54, 1.807) is 30.8 Å². The molecule has 0 heterocycles. The molecule has 3 nitrogen and oxygen atoms in total. The number of hydrogen-bond donors (Lipinski definition) is 2. The first kappa shape index (κ1) is 13.5. The first-order chi connectivity index (χ1) is 9.11. The maximum atomic E-state index is 11.0. The fourth-order valence-corrected chi connectivity index (χ4v) is 2.44. The average Bonchev–Trinajstić information content (AvgIpc) is 2.39. The number of carboxylic acids is 1. The number of carbonyl (C=O) groups is 1. The molecule has 0 aliphatic carbocycles. The molecular formula is C15H15NO2S. The Hall–Kier alpha value is -1.94. The minimum Gasteiger partial charge on any atom is -0.478 e. The van der Waals surface area contributed by atoms with E-state index < -0.39 is 5.97 Å². The molecule has 0 fully saturated rings. The van der Waals surface area contributed by atoms with Crippen LogP contribution in [0.3, 0.4) is 0 Å². The highest BCUT2D eigenvalue weighted by atomic mass is 32.2. The van der Waals surface area contributed by atoms with Crippen molar-refractivity contribution in [2.75, 3.05) is 11.6 Å². The Morgan fingerprint density at radius 3 is 2.58 bits per heavy atom. The summed E-state index contributed by atoms with van der Waals surface area (Å²) in [6.07, 6.45) is 2.03. The second kappa shape index (κ2) is 5.80. The van der Waals surface area contributed by atoms with Gasteiger partial charge in [0.25, 0.3) is 0 Å². The van der Waals surface area contributed by atoms with Gasteiger partial charge >= 0.3 is 5.97 Å². The van der Waals surface area contributed by atoms with Crippen LogP contribution in [0.15, 0.2) is 47.4 Å². The van der Waals surface area contributed by atoms with E-state index in [-0.39, 0.29) is 0 Å². The van der Waals surface area contributed by atoms with Crippen molar-refractivity contribution in [2.24, 2.45) is 0 Å². The summed E-state index contributed by atoms with van der Waals surface area (Å²) >= 11 is 1.67. The van der Waals surface area contributed by atoms with E-state index in [9.17, 15) is 4.79 Å². The monoisotopic (exact) mass is 273 g/mol. The number of thioether (sulfide) groups is 1. The first-order valence-corrected chi connectivity index (χ1v) is 7.08. The molecule has 2 N–H and O–H groups in total. The maximum Gasteiger partial charge on any atom is 0.335 e. The zero-order valence-corrected chi connectivity index (χ0v) is 11.6. The van der Waals surface area contributed by atoms with Crippen LogP contribution in [-0.4, -0.2) is 17.3 Å². The van der Waals surface area contributed by atoms with Gasteiger partial charge in [-0.15, -0.1) is 11.8 Å². The van der Waals surface area contributed by atoms with Gasteiger partial charge < -0.3 is 10.4 Å². The van der Waals surface area contributed by atoms with E-state index >= 15 is 0 Å². The molecule has 98 valence electrons. The van der Waals surface area contributed by atoms with Crippen molar-refractivity contribution in [3.8, 4) is 0 Å². The highest BCUT2D eigenvalue weighted by Crippen LogP contribution is 2.28. The van der Waals surface area contributed by atoms with E-state index in [0.29, 0.717) is 5.56 Å². The molecular weight excluding hydrogens is 258 g/mol. The van der Waals surface area contributed by atoms with Crippen molar-refractivity contribution in [3.05, 3.63) is 53.6 Å². The Morgan fingerprint density at radius 1 is 1.21 bits per heavy atom. The fourth-order valence-electron chi connectivity index (χ4n) is 1.88. The number of anilines is 2. The number of aryl methyl sites for hydroxylation is 1. The molecule has 2 aromatic rings. The van der Waals surface area contributed by atoms with Gasteiger partial charge in [-0.1, -0.05) is 12.1 Å². The Kier molecular flexibility index (Phi) is 4.12. The molecule has 0 aromatic heterocycles. The van der Waals surface area contributed by atoms with Gasteiger partial charge in [0, 0.05) is 10.6 Å². The predicted octanol–water partition coefficient (Wildman–Crippen LogP) is 4.16. The second-order valence-electron chi connectivity index (χ2n) is 4.16. The number of rotatable bonds is 4. The van der Waals surface area contributed by atoms with Crippen LogP contribution in [0, 0.1) is 6.92 Å². The van der Waals surface area contributed by atoms with E-state index in [2.05, 4.69) is 5.32 Å². The molecule has 0 spiro atoms. The second-order valence-corrected chi connectivity index (χ2v) is 5.01. The Labute approximate surface area is 116 Å². The third kappa shape index (κ3) is 3.09. The summed E-state index contributed by atoms with van der Waals surface area (Å²) in [5.74, 6) is -0.895. The minimum atomic E-state index is -0.895. The van der Waals surface area contributed by atoms with Crippen LogP contribution in [-0.2, 0) is 0 Å². The molecule has 0 atom stereocenters. The van der Waals surface area contributed by atoms with E-state index in [1.165, 1.54) is 0 Å². The number of benzene rings is 2. The molecule has 0 aliphatic rings. The summed E-state index contributed by atoms with van der Waals surface area (Å²) in [4.78, 5) is 12.1. The molecule has 0 saturated carbocycles. The minimum absolute atomic E-state index is 0.337. The van der Waals surface area contributed by atoms with Gasteiger partial charge in [0.1, 0.15) is 0 Å². The molecule has 2 aromatic carbocycles. The number of aromatic carboxylic acids is 1. The molecule has 0 saturated heterocycles. The molecule has 0 radical (unpaired) electrons. The van der Waals surface area contributed by atoms with Crippen LogP contribution < -0.4 is 5.32 Å². The average molecular weight is 273 g/mol. The normalized spacial score (nSPS) is 10.2. The van der Waals surface area contributed by atoms with Gasteiger partial charge in [0.15, 0.2) is 0 Å². The summed E-state index contributed by atoms with van der Waals surface area (Å²) in [5.41, 5.74) is 3.00. The summed E-state index contributed by atoms with van der Waals surface area (Å²) in [7, 11) is 0. The van der Waals surface area contributed by atoms with Gasteiger partial charge in [-0.25, -0.2) is 4.79 Å². The van der Waals surface area contributed by atoms with Crippen molar-refractivity contribution in [2.45, 2.75) is 11.8 Å². The molecule has 0 aliphatic heterocycles. The zero-order chi connectivity index (χ0) is 13.8. The van der Waals surface area contributed by atoms with Gasteiger partial charge in [0.2, 0.25) is 0 Å². The standard InChI is InChI=1S/C15H15NO2S/c1-10-9-11(7-8-12(10)15(17)18)16-13-5-3-4-6-14(13)19-2/h3-9,16H,1-2H3,(H,17,18). The number of nitrogens with one attached hydrogen (secondary N) is 1. The summed E-state index contributed by atoms with van der Waals surface area (Å²) in [6.45, 7) is 1.80. The smallest absolute Gasteiger partial charge is 0.335 e. The topological polar surface area (TPSA) is 49.3 Å². The molecule has 0 unspecified atom stereocenters. The van der Waals surface area contributed by atoms with Crippen molar-refractivity contribution in [3.63, 3.8) is 0 Å². The lowest BCUT2D eigenvalue weighted by Gasteiger charge is -2.11. The van der Waals surface area contributed by atoms with Crippen LogP contribution in [0.2, 0.25) is 0 Å². The van der Waals surface area contributed by atoms with Crippen LogP contribution in [0.25, 0.3) is 0 Å². The Morgan fingerprint density at radius 2 is 1.95 bits per heavy atom. The maximum absolute atomic E-state index is 11.0. The number of carboxylic acid groups (broad SMARTS) is 1. The lowest BCUT2D eigenvalue weighted by atomic mass is 10.1. The summed E-state index contributed by atoms with van der Waals surface area (Å²) < 4.78 is 0. The molecule has 0 amide bonds. The number of hydrogen-bond acceptors (Lipinski definition) is 3. The van der Waals surface area contributed by atoms with Crippen molar-refractivity contribution in [1.29, 1.82) is 0 Å². The van der Waals surface area contributed by atoms with Crippen LogP contribution >= 0.6 is 11.8 Å². The predicted molar refractivity (Wildman–Crippen MR) is 79.6 cm³/mol.